The van der Waals surface area contributed by atoms with Crippen molar-refractivity contribution >= 4 is 52.6 Å². The van der Waals surface area contributed by atoms with Gasteiger partial charge in [0.15, 0.2) is 0 Å². The molecule has 1 fully saturated rings. The van der Waals surface area contributed by atoms with Crippen LogP contribution in [0.3, 0.4) is 0 Å². The van der Waals surface area contributed by atoms with E-state index in [4.69, 9.17) is 39.5 Å². The molecular weight excluding hydrogens is 558 g/mol. The normalized spacial score (nSPS) is 21.8. The summed E-state index contributed by atoms with van der Waals surface area (Å²) in [6, 6.07) is 4.88. The number of rotatable bonds is 6. The summed E-state index contributed by atoms with van der Waals surface area (Å²) < 4.78 is 45.8. The second-order valence-corrected chi connectivity index (χ2v) is 10.5. The molecular formula is C25H23Cl3F3NO5. The predicted octanol–water partition coefficient (Wildman–Crippen LogP) is 6.91. The molecule has 2 aromatic carbocycles. The van der Waals surface area contributed by atoms with Gasteiger partial charge >= 0.3 is 18.1 Å². The van der Waals surface area contributed by atoms with Crippen LogP contribution >= 0.6 is 34.8 Å². The molecule has 3 unspecified atom stereocenters. The number of carboxylic acid groups (broad SMARTS) is 1. The highest BCUT2D eigenvalue weighted by molar-refractivity contribution is 6.42. The van der Waals surface area contributed by atoms with Crippen molar-refractivity contribution in [2.45, 2.75) is 44.4 Å². The third-order valence-corrected chi connectivity index (χ3v) is 7.44. The number of hydrogen-bond donors (Lipinski definition) is 1. The van der Waals surface area contributed by atoms with Crippen LogP contribution in [0, 0.1) is 11.8 Å². The second kappa shape index (κ2) is 10.7. The highest BCUT2D eigenvalue weighted by atomic mass is 35.5. The van der Waals surface area contributed by atoms with Crippen LogP contribution in [0.25, 0.3) is 0 Å². The molecule has 1 aliphatic heterocycles. The molecule has 1 aliphatic rings. The van der Waals surface area contributed by atoms with Crippen molar-refractivity contribution in [2.24, 2.45) is 11.8 Å². The number of nitrogens with zero attached hydrogens (tertiary/aromatic N) is 1. The molecule has 200 valence electrons. The van der Waals surface area contributed by atoms with Crippen LogP contribution in [0.1, 0.15) is 54.2 Å². The molecule has 1 heterocycles. The van der Waals surface area contributed by atoms with Crippen LogP contribution in [0.15, 0.2) is 36.4 Å². The number of ether oxygens (including phenoxy) is 1. The second-order valence-electron chi connectivity index (χ2n) is 9.25. The molecule has 3 atom stereocenters. The summed E-state index contributed by atoms with van der Waals surface area (Å²) in [7, 11) is 1.07. The molecule has 0 radical (unpaired) electrons. The fraction of sp³-hybridized carbons (Fsp3) is 0.400. The number of halogens is 6. The van der Waals surface area contributed by atoms with E-state index in [1.54, 1.807) is 13.8 Å². The Morgan fingerprint density at radius 1 is 1.08 bits per heavy atom. The van der Waals surface area contributed by atoms with Gasteiger partial charge in [0.1, 0.15) is 5.54 Å². The molecule has 0 saturated carbocycles. The maximum atomic E-state index is 14.0. The Hall–Kier alpha value is -2.49. The van der Waals surface area contributed by atoms with Gasteiger partial charge in [-0.25, -0.2) is 4.79 Å². The van der Waals surface area contributed by atoms with E-state index in [1.807, 2.05) is 0 Å². The van der Waals surface area contributed by atoms with Gasteiger partial charge in [-0.2, -0.15) is 13.2 Å². The number of aliphatic carboxylic acids is 1. The van der Waals surface area contributed by atoms with Crippen LogP contribution in [-0.4, -0.2) is 40.5 Å². The van der Waals surface area contributed by atoms with Crippen LogP contribution in [0.4, 0.5) is 13.2 Å². The van der Waals surface area contributed by atoms with E-state index in [2.05, 4.69) is 0 Å². The minimum Gasteiger partial charge on any atom is -0.479 e. The van der Waals surface area contributed by atoms with E-state index >= 15 is 0 Å². The first-order valence-electron chi connectivity index (χ1n) is 11.1. The Labute approximate surface area is 226 Å². The van der Waals surface area contributed by atoms with Crippen molar-refractivity contribution in [2.75, 3.05) is 7.11 Å². The van der Waals surface area contributed by atoms with Crippen molar-refractivity contribution in [1.29, 1.82) is 0 Å². The Morgan fingerprint density at radius 3 is 2.22 bits per heavy atom. The summed E-state index contributed by atoms with van der Waals surface area (Å²) in [5.74, 6) is -4.79. The minimum atomic E-state index is -4.76. The fourth-order valence-electron chi connectivity index (χ4n) is 4.91. The molecule has 1 saturated heterocycles. The predicted molar refractivity (Wildman–Crippen MR) is 132 cm³/mol. The highest BCUT2D eigenvalue weighted by Gasteiger charge is 2.61. The Balaban J connectivity index is 2.37. The van der Waals surface area contributed by atoms with Crippen LogP contribution in [0.5, 0.6) is 0 Å². The number of carbonyl (C=O) groups excluding carboxylic acids is 2. The summed E-state index contributed by atoms with van der Waals surface area (Å²) >= 11 is 18.4. The Kier molecular flexibility index (Phi) is 8.41. The number of benzene rings is 2. The Morgan fingerprint density at radius 2 is 1.70 bits per heavy atom. The van der Waals surface area contributed by atoms with Gasteiger partial charge in [0.05, 0.1) is 34.7 Å². The third kappa shape index (κ3) is 5.54. The SMILES string of the molecule is COC(=O)C1CC(CC(C)C)(C(=O)O)N(C(=O)c2ccc(Cl)c(Cl)c2)C1c1cc(C(F)(F)F)ccc1Cl. The molecule has 1 N–H and O–H groups in total. The first kappa shape index (κ1) is 29.1. The number of hydrogen-bond acceptors (Lipinski definition) is 4. The van der Waals surface area contributed by atoms with E-state index in [-0.39, 0.29) is 38.5 Å². The van der Waals surface area contributed by atoms with E-state index < -0.39 is 53.5 Å². The topological polar surface area (TPSA) is 83.9 Å². The van der Waals surface area contributed by atoms with Crippen molar-refractivity contribution < 1.29 is 37.4 Å². The molecule has 0 bridgehead atoms. The van der Waals surface area contributed by atoms with Crippen molar-refractivity contribution in [3.05, 3.63) is 68.2 Å². The van der Waals surface area contributed by atoms with E-state index in [0.717, 1.165) is 30.2 Å². The third-order valence-electron chi connectivity index (χ3n) is 6.35. The molecule has 1 amide bonds. The van der Waals surface area contributed by atoms with Crippen molar-refractivity contribution in [3.63, 3.8) is 0 Å². The van der Waals surface area contributed by atoms with E-state index in [9.17, 15) is 32.7 Å². The average molecular weight is 581 g/mol. The number of likely N-dealkylation sites (tertiary alicyclic amines) is 1. The summed E-state index contributed by atoms with van der Waals surface area (Å²) in [5, 5.41) is 10.4. The molecule has 0 spiro atoms. The highest BCUT2D eigenvalue weighted by Crippen LogP contribution is 2.52. The molecule has 0 aromatic heterocycles. The van der Waals surface area contributed by atoms with Crippen molar-refractivity contribution in [3.8, 4) is 0 Å². The minimum absolute atomic E-state index is 0.00895. The van der Waals surface area contributed by atoms with Gasteiger partial charge in [-0.05, 0) is 60.7 Å². The lowest BCUT2D eigenvalue weighted by Crippen LogP contribution is -2.54. The number of alkyl halides is 3. The zero-order valence-corrected chi connectivity index (χ0v) is 22.2. The van der Waals surface area contributed by atoms with Crippen LogP contribution < -0.4 is 0 Å². The quantitative estimate of drug-likeness (QED) is 0.375. The van der Waals surface area contributed by atoms with Crippen LogP contribution in [0.2, 0.25) is 15.1 Å². The van der Waals surface area contributed by atoms with Crippen molar-refractivity contribution in [1.82, 2.24) is 4.90 Å². The van der Waals surface area contributed by atoms with Gasteiger partial charge in [-0.1, -0.05) is 48.7 Å². The lowest BCUT2D eigenvalue weighted by atomic mass is 9.83. The summed E-state index contributed by atoms with van der Waals surface area (Å²) in [6.45, 7) is 3.45. The van der Waals surface area contributed by atoms with Gasteiger partial charge < -0.3 is 14.7 Å². The smallest absolute Gasteiger partial charge is 0.416 e. The van der Waals surface area contributed by atoms with Gasteiger partial charge in [0.25, 0.3) is 5.91 Å². The first-order valence-corrected chi connectivity index (χ1v) is 12.2. The number of esters is 1. The van der Waals surface area contributed by atoms with E-state index in [0.29, 0.717) is 0 Å². The summed E-state index contributed by atoms with van der Waals surface area (Å²) in [6.07, 6.45) is -5.27. The molecule has 0 aliphatic carbocycles. The monoisotopic (exact) mass is 579 g/mol. The number of carboxylic acids is 1. The first-order chi connectivity index (χ1) is 17.1. The Bertz CT molecular complexity index is 1240. The molecule has 3 rings (SSSR count). The fourth-order valence-corrected chi connectivity index (χ4v) is 5.44. The zero-order chi connectivity index (χ0) is 27.9. The largest absolute Gasteiger partial charge is 0.479 e. The van der Waals surface area contributed by atoms with Crippen LogP contribution in [-0.2, 0) is 20.5 Å². The number of carbonyl (C=O) groups is 3. The molecule has 2 aromatic rings. The van der Waals surface area contributed by atoms with Gasteiger partial charge in [-0.3, -0.25) is 9.59 Å². The summed E-state index contributed by atoms with van der Waals surface area (Å²) in [4.78, 5) is 40.7. The molecule has 6 nitrogen and oxygen atoms in total. The lowest BCUT2D eigenvalue weighted by Gasteiger charge is -2.39. The number of amides is 1. The van der Waals surface area contributed by atoms with E-state index in [1.165, 1.54) is 18.2 Å². The standard InChI is InChI=1S/C25H23Cl3F3NO5/c1-12(2)10-24(23(35)36)11-16(22(34)37-3)20(15-9-14(25(29,30)31)5-7-17(15)26)32(24)21(33)13-4-6-18(27)19(28)8-13/h4-9,12,16,20H,10-11H2,1-3H3,(H,35,36). The number of methoxy groups -OCH3 is 1. The zero-order valence-electron chi connectivity index (χ0n) is 19.9. The lowest BCUT2D eigenvalue weighted by molar-refractivity contribution is -0.150. The molecule has 37 heavy (non-hydrogen) atoms. The molecule has 12 heteroatoms. The maximum absolute atomic E-state index is 14.0. The summed E-state index contributed by atoms with van der Waals surface area (Å²) in [5.41, 5.74) is -3.35. The average Bonchev–Trinajstić information content (AvgIpc) is 3.14. The van der Waals surface area contributed by atoms with Gasteiger partial charge in [0.2, 0.25) is 0 Å². The maximum Gasteiger partial charge on any atom is 0.416 e. The van der Waals surface area contributed by atoms with Gasteiger partial charge in [-0.15, -0.1) is 0 Å². The van der Waals surface area contributed by atoms with Gasteiger partial charge in [0, 0.05) is 10.6 Å².